The summed E-state index contributed by atoms with van der Waals surface area (Å²) in [6, 6.07) is 14.8. The maximum Gasteiger partial charge on any atom is 0.340 e. The molecular formula is C19H19N3O3S. The Hall–Kier alpha value is -2.93. The number of rotatable bonds is 6. The Morgan fingerprint density at radius 1 is 1.15 bits per heavy atom. The molecule has 1 N–H and O–H groups in total. The topological polar surface area (TPSA) is 71.5 Å². The van der Waals surface area contributed by atoms with Gasteiger partial charge in [0.05, 0.1) is 22.3 Å². The number of carbonyl (C=O) groups excluding carboxylic acids is 2. The SMILES string of the molecule is CNc1ccccc1C(=O)OCC(=O)N(C)Cc1nc2ccccc2s1. The van der Waals surface area contributed by atoms with E-state index in [4.69, 9.17) is 4.74 Å². The Morgan fingerprint density at radius 3 is 2.65 bits per heavy atom. The first-order chi connectivity index (χ1) is 12.6. The largest absolute Gasteiger partial charge is 0.452 e. The molecule has 26 heavy (non-hydrogen) atoms. The number of fused-ring (bicyclic) bond motifs is 1. The number of nitrogens with one attached hydrogen (secondary N) is 1. The first-order valence-corrected chi connectivity index (χ1v) is 8.92. The van der Waals surface area contributed by atoms with E-state index in [-0.39, 0.29) is 12.5 Å². The summed E-state index contributed by atoms with van der Waals surface area (Å²) < 4.78 is 6.24. The third-order valence-corrected chi connectivity index (χ3v) is 4.90. The number of thiazole rings is 1. The third-order valence-electron chi connectivity index (χ3n) is 3.88. The van der Waals surface area contributed by atoms with Crippen molar-refractivity contribution >= 4 is 39.1 Å². The Balaban J connectivity index is 1.58. The van der Waals surface area contributed by atoms with E-state index in [1.54, 1.807) is 43.6 Å². The molecule has 0 saturated heterocycles. The molecule has 1 amide bonds. The van der Waals surface area contributed by atoms with Gasteiger partial charge in [-0.1, -0.05) is 24.3 Å². The van der Waals surface area contributed by atoms with Crippen molar-refractivity contribution in [3.63, 3.8) is 0 Å². The number of para-hydroxylation sites is 2. The van der Waals surface area contributed by atoms with Gasteiger partial charge in [0, 0.05) is 19.8 Å². The fourth-order valence-corrected chi connectivity index (χ4v) is 3.49. The highest BCUT2D eigenvalue weighted by Crippen LogP contribution is 2.22. The van der Waals surface area contributed by atoms with Gasteiger partial charge in [0.25, 0.3) is 5.91 Å². The molecule has 0 unspecified atom stereocenters. The van der Waals surface area contributed by atoms with Crippen LogP contribution >= 0.6 is 11.3 Å². The van der Waals surface area contributed by atoms with Crippen LogP contribution in [0, 0.1) is 0 Å². The standard InChI is InChI=1S/C19H19N3O3S/c1-20-14-8-4-3-7-13(14)19(24)25-12-18(23)22(2)11-17-21-15-9-5-6-10-16(15)26-17/h3-10,20H,11-12H2,1-2H3. The van der Waals surface area contributed by atoms with Crippen molar-refractivity contribution < 1.29 is 14.3 Å². The van der Waals surface area contributed by atoms with Gasteiger partial charge in [0.15, 0.2) is 6.61 Å². The molecule has 1 heterocycles. The second-order valence-corrected chi connectivity index (χ2v) is 6.81. The normalized spacial score (nSPS) is 10.5. The van der Waals surface area contributed by atoms with Crippen molar-refractivity contribution in [3.8, 4) is 0 Å². The lowest BCUT2D eigenvalue weighted by atomic mass is 10.2. The fourth-order valence-electron chi connectivity index (χ4n) is 2.47. The van der Waals surface area contributed by atoms with Gasteiger partial charge in [0.1, 0.15) is 5.01 Å². The molecule has 0 saturated carbocycles. The highest BCUT2D eigenvalue weighted by atomic mass is 32.1. The average molecular weight is 369 g/mol. The first kappa shape index (κ1) is 17.9. The van der Waals surface area contributed by atoms with E-state index in [2.05, 4.69) is 10.3 Å². The average Bonchev–Trinajstić information content (AvgIpc) is 3.07. The quantitative estimate of drug-likeness (QED) is 0.676. The van der Waals surface area contributed by atoms with Crippen LogP contribution in [0.25, 0.3) is 10.2 Å². The molecule has 0 spiro atoms. The Kier molecular flexibility index (Phi) is 5.48. The predicted octanol–water partition coefficient (Wildman–Crippen LogP) is 3.15. The molecule has 0 aliphatic rings. The molecule has 0 radical (unpaired) electrons. The van der Waals surface area contributed by atoms with E-state index in [0.29, 0.717) is 17.8 Å². The Morgan fingerprint density at radius 2 is 1.88 bits per heavy atom. The van der Waals surface area contributed by atoms with E-state index >= 15 is 0 Å². The number of esters is 1. The van der Waals surface area contributed by atoms with Crippen molar-refractivity contribution in [1.29, 1.82) is 0 Å². The van der Waals surface area contributed by atoms with Gasteiger partial charge >= 0.3 is 5.97 Å². The summed E-state index contributed by atoms with van der Waals surface area (Å²) in [7, 11) is 3.40. The number of likely N-dealkylation sites (N-methyl/N-ethyl adjacent to an activating group) is 1. The van der Waals surface area contributed by atoms with Crippen LogP contribution in [0.3, 0.4) is 0 Å². The number of anilines is 1. The van der Waals surface area contributed by atoms with E-state index in [9.17, 15) is 9.59 Å². The molecule has 3 rings (SSSR count). The van der Waals surface area contributed by atoms with E-state index < -0.39 is 5.97 Å². The predicted molar refractivity (Wildman–Crippen MR) is 102 cm³/mol. The fraction of sp³-hybridized carbons (Fsp3) is 0.211. The molecule has 2 aromatic carbocycles. The summed E-state index contributed by atoms with van der Waals surface area (Å²) in [6.07, 6.45) is 0. The van der Waals surface area contributed by atoms with Crippen LogP contribution in [0.15, 0.2) is 48.5 Å². The van der Waals surface area contributed by atoms with Crippen molar-refractivity contribution in [2.75, 3.05) is 26.0 Å². The van der Waals surface area contributed by atoms with E-state index in [0.717, 1.165) is 15.2 Å². The molecule has 0 aliphatic heterocycles. The monoisotopic (exact) mass is 369 g/mol. The molecular weight excluding hydrogens is 350 g/mol. The van der Waals surface area contributed by atoms with Crippen molar-refractivity contribution in [2.45, 2.75) is 6.54 Å². The van der Waals surface area contributed by atoms with Crippen LogP contribution in [0.4, 0.5) is 5.69 Å². The minimum atomic E-state index is -0.531. The highest BCUT2D eigenvalue weighted by Gasteiger charge is 2.17. The lowest BCUT2D eigenvalue weighted by molar-refractivity contribution is -0.133. The van der Waals surface area contributed by atoms with Crippen LogP contribution in [-0.2, 0) is 16.1 Å². The Labute approximate surface area is 155 Å². The summed E-state index contributed by atoms with van der Waals surface area (Å²) in [5, 5.41) is 3.77. The summed E-state index contributed by atoms with van der Waals surface area (Å²) in [4.78, 5) is 30.5. The maximum atomic E-state index is 12.3. The van der Waals surface area contributed by atoms with Gasteiger partial charge in [-0.25, -0.2) is 9.78 Å². The lowest BCUT2D eigenvalue weighted by Gasteiger charge is -2.16. The van der Waals surface area contributed by atoms with Gasteiger partial charge in [-0.15, -0.1) is 11.3 Å². The number of carbonyl (C=O) groups is 2. The highest BCUT2D eigenvalue weighted by molar-refractivity contribution is 7.18. The summed E-state index contributed by atoms with van der Waals surface area (Å²) >= 11 is 1.55. The van der Waals surface area contributed by atoms with E-state index in [1.165, 1.54) is 4.90 Å². The molecule has 134 valence electrons. The summed E-state index contributed by atoms with van der Waals surface area (Å²) in [5.74, 6) is -0.809. The minimum absolute atomic E-state index is 0.278. The molecule has 0 bridgehead atoms. The van der Waals surface area contributed by atoms with Gasteiger partial charge in [-0.2, -0.15) is 0 Å². The second kappa shape index (κ2) is 7.97. The molecule has 0 aliphatic carbocycles. The van der Waals surface area contributed by atoms with Gasteiger partial charge in [-0.05, 0) is 24.3 Å². The number of nitrogens with zero attached hydrogens (tertiary/aromatic N) is 2. The number of hydrogen-bond acceptors (Lipinski definition) is 6. The smallest absolute Gasteiger partial charge is 0.340 e. The summed E-state index contributed by atoms with van der Waals surface area (Å²) in [5.41, 5.74) is 1.98. The second-order valence-electron chi connectivity index (χ2n) is 5.70. The third kappa shape index (κ3) is 4.00. The van der Waals surface area contributed by atoms with Crippen LogP contribution in [0.5, 0.6) is 0 Å². The zero-order valence-corrected chi connectivity index (χ0v) is 15.4. The summed E-state index contributed by atoms with van der Waals surface area (Å²) in [6.45, 7) is 0.0705. The molecule has 0 fully saturated rings. The van der Waals surface area contributed by atoms with Crippen LogP contribution in [-0.4, -0.2) is 42.5 Å². The maximum absolute atomic E-state index is 12.3. The molecule has 0 atom stereocenters. The lowest BCUT2D eigenvalue weighted by Crippen LogP contribution is -2.30. The number of aromatic nitrogens is 1. The van der Waals surface area contributed by atoms with E-state index in [1.807, 2.05) is 30.3 Å². The first-order valence-electron chi connectivity index (χ1n) is 8.11. The Bertz CT molecular complexity index is 905. The van der Waals surface area contributed by atoms with Crippen molar-refractivity contribution in [1.82, 2.24) is 9.88 Å². The molecule has 3 aromatic rings. The van der Waals surface area contributed by atoms with Gasteiger partial charge in [0.2, 0.25) is 0 Å². The minimum Gasteiger partial charge on any atom is -0.452 e. The van der Waals surface area contributed by atoms with Gasteiger partial charge in [-0.3, -0.25) is 4.79 Å². The van der Waals surface area contributed by atoms with Gasteiger partial charge < -0.3 is 15.0 Å². The number of amides is 1. The van der Waals surface area contributed by atoms with Crippen molar-refractivity contribution in [2.24, 2.45) is 0 Å². The van der Waals surface area contributed by atoms with Crippen LogP contribution < -0.4 is 5.32 Å². The van der Waals surface area contributed by atoms with Crippen molar-refractivity contribution in [3.05, 3.63) is 59.1 Å². The van der Waals surface area contributed by atoms with Crippen LogP contribution in [0.1, 0.15) is 15.4 Å². The zero-order chi connectivity index (χ0) is 18.5. The zero-order valence-electron chi connectivity index (χ0n) is 14.6. The number of hydrogen-bond donors (Lipinski definition) is 1. The number of ether oxygens (including phenoxy) is 1. The molecule has 6 nitrogen and oxygen atoms in total. The molecule has 1 aromatic heterocycles. The number of benzene rings is 2. The van der Waals surface area contributed by atoms with Crippen LogP contribution in [0.2, 0.25) is 0 Å². The molecule has 7 heteroatoms.